The SMILES string of the molecule is CC\C=C/C=C\C=C/CCCCCCCCCC(=O)OCC(COC(=O)CCCCCCCCC/C=C\CCCCCCCCCC)OC(=O)CCCCCCCCCCCCCCCCCCCC. The molecule has 0 saturated heterocycles. The Kier molecular flexibility index (Phi) is 56.7. The van der Waals surface area contributed by atoms with Crippen LogP contribution in [0.2, 0.25) is 0 Å². The standard InChI is InChI=1S/C64H116O6/c1-4-7-10-13-16-19-22-25-28-30-32-34-36-39-42-45-48-51-54-57-63(66)69-60-61(59-68-62(65)56-53-50-47-44-41-38-35-27-24-21-18-15-12-9-6-3)70-64(67)58-55-52-49-46-43-40-37-33-31-29-26-23-20-17-14-11-8-5-2/h9,12,15,18,21,24,30,32,61H,4-8,10-11,13-14,16-17,19-20,22-23,25-29,31,33-60H2,1-3H3/b12-9-,18-15-,24-21-,32-30-. The summed E-state index contributed by atoms with van der Waals surface area (Å²) in [5, 5.41) is 0. The molecule has 0 N–H and O–H groups in total. The van der Waals surface area contributed by atoms with Gasteiger partial charge >= 0.3 is 17.9 Å². The summed E-state index contributed by atoms with van der Waals surface area (Å²) in [6.07, 6.45) is 72.5. The maximum absolute atomic E-state index is 12.9. The number of rotatable bonds is 56. The monoisotopic (exact) mass is 981 g/mol. The van der Waals surface area contributed by atoms with Gasteiger partial charge in [0.2, 0.25) is 0 Å². The molecule has 0 bridgehead atoms. The Morgan fingerprint density at radius 1 is 0.300 bits per heavy atom. The lowest BCUT2D eigenvalue weighted by molar-refractivity contribution is -0.167. The first-order chi connectivity index (χ1) is 34.5. The minimum Gasteiger partial charge on any atom is -0.462 e. The van der Waals surface area contributed by atoms with Crippen LogP contribution in [-0.2, 0) is 28.6 Å². The summed E-state index contributed by atoms with van der Waals surface area (Å²) in [6.45, 7) is 6.55. The van der Waals surface area contributed by atoms with Gasteiger partial charge in [-0.3, -0.25) is 14.4 Å². The molecule has 0 aromatic rings. The Morgan fingerprint density at radius 2 is 0.571 bits per heavy atom. The molecule has 408 valence electrons. The van der Waals surface area contributed by atoms with Crippen molar-refractivity contribution in [3.8, 4) is 0 Å². The molecule has 1 atom stereocenters. The summed E-state index contributed by atoms with van der Waals surface area (Å²) in [6, 6.07) is 0. The highest BCUT2D eigenvalue weighted by Crippen LogP contribution is 2.17. The highest BCUT2D eigenvalue weighted by atomic mass is 16.6. The van der Waals surface area contributed by atoms with Crippen LogP contribution in [0, 0.1) is 0 Å². The van der Waals surface area contributed by atoms with E-state index in [1.54, 1.807) is 0 Å². The average Bonchev–Trinajstić information content (AvgIpc) is 3.36. The lowest BCUT2D eigenvalue weighted by atomic mass is 10.0. The first-order valence-electron chi connectivity index (χ1n) is 30.7. The predicted octanol–water partition coefficient (Wildman–Crippen LogP) is 20.6. The number of hydrogen-bond acceptors (Lipinski definition) is 6. The lowest BCUT2D eigenvalue weighted by Gasteiger charge is -2.18. The van der Waals surface area contributed by atoms with E-state index in [0.717, 1.165) is 70.6 Å². The Hall–Kier alpha value is -2.63. The smallest absolute Gasteiger partial charge is 0.306 e. The minimum absolute atomic E-state index is 0.0760. The summed E-state index contributed by atoms with van der Waals surface area (Å²) in [7, 11) is 0. The third-order valence-corrected chi connectivity index (χ3v) is 13.6. The highest BCUT2D eigenvalue weighted by molar-refractivity contribution is 5.71. The molecule has 6 heteroatoms. The molecule has 0 aliphatic carbocycles. The van der Waals surface area contributed by atoms with Gasteiger partial charge in [-0.25, -0.2) is 0 Å². The van der Waals surface area contributed by atoms with Gasteiger partial charge in [0.1, 0.15) is 13.2 Å². The second kappa shape index (κ2) is 58.9. The predicted molar refractivity (Wildman–Crippen MR) is 302 cm³/mol. The molecule has 1 unspecified atom stereocenters. The van der Waals surface area contributed by atoms with Gasteiger partial charge in [0.15, 0.2) is 6.10 Å². The molecule has 0 saturated carbocycles. The van der Waals surface area contributed by atoms with Crippen molar-refractivity contribution in [1.82, 2.24) is 0 Å². The maximum Gasteiger partial charge on any atom is 0.306 e. The van der Waals surface area contributed by atoms with Gasteiger partial charge in [-0.1, -0.05) is 288 Å². The van der Waals surface area contributed by atoms with Crippen LogP contribution in [0.25, 0.3) is 0 Å². The fourth-order valence-corrected chi connectivity index (χ4v) is 9.03. The molecule has 0 aliphatic heterocycles. The highest BCUT2D eigenvalue weighted by Gasteiger charge is 2.19. The molecule has 6 nitrogen and oxygen atoms in total. The van der Waals surface area contributed by atoms with Crippen molar-refractivity contribution in [3.05, 3.63) is 48.6 Å². The van der Waals surface area contributed by atoms with Gasteiger partial charge in [0, 0.05) is 19.3 Å². The second-order valence-corrected chi connectivity index (χ2v) is 20.6. The Labute approximate surface area is 435 Å². The number of unbranched alkanes of at least 4 members (excludes halogenated alkanes) is 39. The molecule has 0 aromatic carbocycles. The summed E-state index contributed by atoms with van der Waals surface area (Å²) in [5.41, 5.74) is 0. The van der Waals surface area contributed by atoms with E-state index in [-0.39, 0.29) is 31.1 Å². The second-order valence-electron chi connectivity index (χ2n) is 20.6. The largest absolute Gasteiger partial charge is 0.462 e. The quantitative estimate of drug-likeness (QED) is 0.0199. The van der Waals surface area contributed by atoms with E-state index < -0.39 is 6.10 Å². The zero-order valence-electron chi connectivity index (χ0n) is 46.8. The molecular weight excluding hydrogens is 865 g/mol. The number of hydrogen-bond donors (Lipinski definition) is 0. The molecule has 0 heterocycles. The van der Waals surface area contributed by atoms with Crippen molar-refractivity contribution in [1.29, 1.82) is 0 Å². The normalized spacial score (nSPS) is 12.3. The zero-order valence-corrected chi connectivity index (χ0v) is 46.8. The summed E-state index contributed by atoms with van der Waals surface area (Å²) >= 11 is 0. The lowest BCUT2D eigenvalue weighted by Crippen LogP contribution is -2.30. The van der Waals surface area contributed by atoms with E-state index in [0.29, 0.717) is 19.3 Å². The van der Waals surface area contributed by atoms with E-state index >= 15 is 0 Å². The maximum atomic E-state index is 12.9. The molecule has 0 rings (SSSR count). The fraction of sp³-hybridized carbons (Fsp3) is 0.828. The number of allylic oxidation sites excluding steroid dienone is 8. The first-order valence-corrected chi connectivity index (χ1v) is 30.7. The van der Waals surface area contributed by atoms with Crippen LogP contribution in [0.15, 0.2) is 48.6 Å². The molecular formula is C64H116O6. The Bertz CT molecular complexity index is 1220. The van der Waals surface area contributed by atoms with E-state index in [9.17, 15) is 14.4 Å². The van der Waals surface area contributed by atoms with Gasteiger partial charge in [-0.05, 0) is 64.2 Å². The van der Waals surface area contributed by atoms with Crippen LogP contribution >= 0.6 is 0 Å². The number of carbonyl (C=O) groups excluding carboxylic acids is 3. The van der Waals surface area contributed by atoms with Crippen LogP contribution in [0.4, 0.5) is 0 Å². The fourth-order valence-electron chi connectivity index (χ4n) is 9.03. The molecule has 0 spiro atoms. The van der Waals surface area contributed by atoms with E-state index in [4.69, 9.17) is 14.2 Å². The average molecular weight is 982 g/mol. The number of esters is 3. The molecule has 0 aliphatic rings. The molecule has 0 aromatic heterocycles. The van der Waals surface area contributed by atoms with Crippen LogP contribution < -0.4 is 0 Å². The van der Waals surface area contributed by atoms with Crippen molar-refractivity contribution < 1.29 is 28.6 Å². The van der Waals surface area contributed by atoms with Gasteiger partial charge in [0.25, 0.3) is 0 Å². The van der Waals surface area contributed by atoms with E-state index in [1.165, 1.54) is 212 Å². The third-order valence-electron chi connectivity index (χ3n) is 13.6. The van der Waals surface area contributed by atoms with Crippen LogP contribution in [0.3, 0.4) is 0 Å². The third kappa shape index (κ3) is 56.3. The number of carbonyl (C=O) groups is 3. The first kappa shape index (κ1) is 67.4. The van der Waals surface area contributed by atoms with Gasteiger partial charge < -0.3 is 14.2 Å². The Morgan fingerprint density at radius 3 is 0.900 bits per heavy atom. The molecule has 0 fully saturated rings. The van der Waals surface area contributed by atoms with Crippen molar-refractivity contribution in [2.75, 3.05) is 13.2 Å². The summed E-state index contributed by atoms with van der Waals surface area (Å²) < 4.78 is 16.9. The van der Waals surface area contributed by atoms with Crippen molar-refractivity contribution in [3.63, 3.8) is 0 Å². The molecule has 70 heavy (non-hydrogen) atoms. The van der Waals surface area contributed by atoms with Crippen LogP contribution in [0.5, 0.6) is 0 Å². The number of ether oxygens (including phenoxy) is 3. The van der Waals surface area contributed by atoms with Crippen LogP contribution in [-0.4, -0.2) is 37.2 Å². The zero-order chi connectivity index (χ0) is 50.7. The summed E-state index contributed by atoms with van der Waals surface area (Å²) in [5.74, 6) is -0.873. The van der Waals surface area contributed by atoms with Gasteiger partial charge in [-0.15, -0.1) is 0 Å². The van der Waals surface area contributed by atoms with Crippen LogP contribution in [0.1, 0.15) is 323 Å². The van der Waals surface area contributed by atoms with Gasteiger partial charge in [0.05, 0.1) is 0 Å². The van der Waals surface area contributed by atoms with Crippen molar-refractivity contribution in [2.45, 2.75) is 329 Å². The minimum atomic E-state index is -0.778. The molecule has 0 radical (unpaired) electrons. The Balaban J connectivity index is 4.34. The van der Waals surface area contributed by atoms with Crippen molar-refractivity contribution >= 4 is 17.9 Å². The van der Waals surface area contributed by atoms with Crippen molar-refractivity contribution in [2.24, 2.45) is 0 Å². The summed E-state index contributed by atoms with van der Waals surface area (Å²) in [4.78, 5) is 38.2. The molecule has 0 amide bonds. The van der Waals surface area contributed by atoms with Gasteiger partial charge in [-0.2, -0.15) is 0 Å². The topological polar surface area (TPSA) is 78.9 Å². The van der Waals surface area contributed by atoms with E-state index in [1.807, 2.05) is 0 Å². The van der Waals surface area contributed by atoms with E-state index in [2.05, 4.69) is 69.4 Å².